The quantitative estimate of drug-likeness (QED) is 0.458. The summed E-state index contributed by atoms with van der Waals surface area (Å²) in [5, 5.41) is 0. The number of benzene rings is 2. The number of aryl methyl sites for hydroxylation is 1. The summed E-state index contributed by atoms with van der Waals surface area (Å²) >= 11 is 0. The molecule has 0 saturated heterocycles. The van der Waals surface area contributed by atoms with Crippen molar-refractivity contribution in [2.75, 3.05) is 0 Å². The lowest BCUT2D eigenvalue weighted by Gasteiger charge is -2.21. The molecule has 0 unspecified atom stereocenters. The molecule has 1 aliphatic rings. The molecule has 0 N–H and O–H groups in total. The predicted molar refractivity (Wildman–Crippen MR) is 105 cm³/mol. The van der Waals surface area contributed by atoms with E-state index in [0.29, 0.717) is 0 Å². The zero-order chi connectivity index (χ0) is 17.6. The molecule has 1 aromatic heterocycles. The van der Waals surface area contributed by atoms with Gasteiger partial charge < -0.3 is 0 Å². The van der Waals surface area contributed by atoms with Crippen molar-refractivity contribution in [2.24, 2.45) is 0 Å². The molecule has 0 bridgehead atoms. The van der Waals surface area contributed by atoms with Gasteiger partial charge in [-0.15, -0.1) is 0 Å². The van der Waals surface area contributed by atoms with Gasteiger partial charge in [-0.25, -0.2) is 4.42 Å². The van der Waals surface area contributed by atoms with E-state index in [9.17, 15) is 0 Å². The summed E-state index contributed by atoms with van der Waals surface area (Å²) in [5.74, 6) is 2.15. The van der Waals surface area contributed by atoms with Crippen molar-refractivity contribution in [1.29, 1.82) is 0 Å². The minimum absolute atomic E-state index is 0.0327. The highest BCUT2D eigenvalue weighted by molar-refractivity contribution is 5.80. The number of rotatable bonds is 1. The molecule has 3 aromatic rings. The van der Waals surface area contributed by atoms with Crippen LogP contribution in [0.3, 0.4) is 0 Å². The summed E-state index contributed by atoms with van der Waals surface area (Å²) in [7, 11) is 0. The molecule has 1 heteroatoms. The van der Waals surface area contributed by atoms with Crippen LogP contribution in [0.25, 0.3) is 22.5 Å². The van der Waals surface area contributed by atoms with Crippen molar-refractivity contribution < 1.29 is 4.42 Å². The standard InChI is InChI=1S/C24H25O/c1-16-21(18-11-6-5-7-12-18)20-15-14-17-10-8-9-13-19(17)22(20)25-23(16)24(2,3)4/h5-13H,14-15H2,1-4H3/q+1. The van der Waals surface area contributed by atoms with Crippen LogP contribution in [-0.4, -0.2) is 0 Å². The summed E-state index contributed by atoms with van der Waals surface area (Å²) in [5.41, 5.74) is 7.90. The molecule has 1 aliphatic carbocycles. The SMILES string of the molecule is Cc1c(C(C)(C)C)[o+]c2c(c1-c1ccccc1)CCc1ccccc1-2. The van der Waals surface area contributed by atoms with Crippen molar-refractivity contribution in [3.05, 3.63) is 77.0 Å². The highest BCUT2D eigenvalue weighted by atomic mass is 16.3. The van der Waals surface area contributed by atoms with Gasteiger partial charge in [-0.2, -0.15) is 0 Å². The molecule has 0 fully saturated rings. The average molecular weight is 329 g/mol. The first-order valence-electron chi connectivity index (χ1n) is 9.10. The van der Waals surface area contributed by atoms with Crippen LogP contribution >= 0.6 is 0 Å². The van der Waals surface area contributed by atoms with Crippen LogP contribution in [-0.2, 0) is 18.3 Å². The van der Waals surface area contributed by atoms with Gasteiger partial charge in [0.25, 0.3) is 0 Å². The summed E-state index contributed by atoms with van der Waals surface area (Å²) in [6, 6.07) is 19.4. The van der Waals surface area contributed by atoms with E-state index in [1.165, 1.54) is 33.4 Å². The second-order valence-corrected chi connectivity index (χ2v) is 8.01. The fourth-order valence-corrected chi connectivity index (χ4v) is 4.08. The number of hydrogen-bond donors (Lipinski definition) is 0. The monoisotopic (exact) mass is 329 g/mol. The Kier molecular flexibility index (Phi) is 3.76. The van der Waals surface area contributed by atoms with Crippen LogP contribution < -0.4 is 0 Å². The van der Waals surface area contributed by atoms with Gasteiger partial charge in [-0.05, 0) is 57.7 Å². The van der Waals surface area contributed by atoms with E-state index in [1.807, 2.05) is 0 Å². The van der Waals surface area contributed by atoms with E-state index in [1.54, 1.807) is 0 Å². The molecule has 2 aromatic carbocycles. The van der Waals surface area contributed by atoms with E-state index < -0.39 is 0 Å². The Hall–Kier alpha value is -2.41. The Morgan fingerprint density at radius 1 is 0.840 bits per heavy atom. The van der Waals surface area contributed by atoms with Gasteiger partial charge in [-0.3, -0.25) is 0 Å². The van der Waals surface area contributed by atoms with Crippen LogP contribution in [0.5, 0.6) is 0 Å². The van der Waals surface area contributed by atoms with E-state index in [0.717, 1.165) is 24.4 Å². The average Bonchev–Trinajstić information content (AvgIpc) is 2.60. The first-order chi connectivity index (χ1) is 12.0. The third-order valence-corrected chi connectivity index (χ3v) is 5.15. The molecular formula is C24H25O+. The lowest BCUT2D eigenvalue weighted by molar-refractivity contribution is 0.397. The van der Waals surface area contributed by atoms with Crippen LogP contribution in [0.15, 0.2) is 59.0 Å². The van der Waals surface area contributed by atoms with Gasteiger partial charge >= 0.3 is 11.5 Å². The van der Waals surface area contributed by atoms with Crippen LogP contribution in [0.4, 0.5) is 0 Å². The van der Waals surface area contributed by atoms with Crippen LogP contribution in [0, 0.1) is 6.92 Å². The Balaban J connectivity index is 2.09. The normalized spacial score (nSPS) is 13.3. The second-order valence-electron chi connectivity index (χ2n) is 8.01. The molecule has 126 valence electrons. The third-order valence-electron chi connectivity index (χ3n) is 5.15. The van der Waals surface area contributed by atoms with E-state index in [-0.39, 0.29) is 5.41 Å². The second kappa shape index (κ2) is 5.84. The topological polar surface area (TPSA) is 11.3 Å². The molecule has 0 amide bonds. The molecule has 0 aliphatic heterocycles. The maximum atomic E-state index is 6.58. The summed E-state index contributed by atoms with van der Waals surface area (Å²) < 4.78 is 6.58. The van der Waals surface area contributed by atoms with Crippen molar-refractivity contribution in [3.8, 4) is 22.5 Å². The van der Waals surface area contributed by atoms with Crippen molar-refractivity contribution in [2.45, 2.75) is 46.0 Å². The Morgan fingerprint density at radius 3 is 2.24 bits per heavy atom. The summed E-state index contributed by atoms with van der Waals surface area (Å²) in [4.78, 5) is 0. The molecule has 4 rings (SSSR count). The van der Waals surface area contributed by atoms with Crippen molar-refractivity contribution >= 4 is 0 Å². The maximum Gasteiger partial charge on any atom is 0.364 e. The fourth-order valence-electron chi connectivity index (χ4n) is 4.08. The van der Waals surface area contributed by atoms with Crippen molar-refractivity contribution in [1.82, 2.24) is 0 Å². The first kappa shape index (κ1) is 16.1. The lowest BCUT2D eigenvalue weighted by atomic mass is 9.81. The summed E-state index contributed by atoms with van der Waals surface area (Å²) in [6.07, 6.45) is 2.11. The Labute approximate surface area is 150 Å². The third kappa shape index (κ3) is 2.68. The lowest BCUT2D eigenvalue weighted by Crippen LogP contribution is -2.17. The maximum absolute atomic E-state index is 6.58. The Bertz CT molecular complexity index is 930. The Morgan fingerprint density at radius 2 is 1.52 bits per heavy atom. The molecule has 0 radical (unpaired) electrons. The zero-order valence-electron chi connectivity index (χ0n) is 15.5. The number of hydrogen-bond acceptors (Lipinski definition) is 0. The fraction of sp³-hybridized carbons (Fsp3) is 0.292. The smallest absolute Gasteiger partial charge is 0.211 e. The predicted octanol–water partition coefficient (Wildman–Crippen LogP) is 6.60. The van der Waals surface area contributed by atoms with Gasteiger partial charge in [0, 0.05) is 5.56 Å². The highest BCUT2D eigenvalue weighted by Gasteiger charge is 2.38. The molecule has 0 atom stereocenters. The molecule has 1 nitrogen and oxygen atoms in total. The summed E-state index contributed by atoms with van der Waals surface area (Å²) in [6.45, 7) is 8.91. The molecular weight excluding hydrogens is 304 g/mol. The molecule has 0 saturated carbocycles. The zero-order valence-corrected chi connectivity index (χ0v) is 15.5. The molecule has 25 heavy (non-hydrogen) atoms. The first-order valence-corrected chi connectivity index (χ1v) is 9.10. The van der Waals surface area contributed by atoms with Gasteiger partial charge in [-0.1, -0.05) is 48.5 Å². The van der Waals surface area contributed by atoms with E-state index in [2.05, 4.69) is 82.3 Å². The van der Waals surface area contributed by atoms with Gasteiger partial charge in [0.15, 0.2) is 0 Å². The van der Waals surface area contributed by atoms with Crippen LogP contribution in [0.2, 0.25) is 0 Å². The van der Waals surface area contributed by atoms with Crippen molar-refractivity contribution in [3.63, 3.8) is 0 Å². The van der Waals surface area contributed by atoms with E-state index >= 15 is 0 Å². The minimum Gasteiger partial charge on any atom is -0.211 e. The van der Waals surface area contributed by atoms with Gasteiger partial charge in [0.1, 0.15) is 0 Å². The molecule has 0 spiro atoms. The highest BCUT2D eigenvalue weighted by Crippen LogP contribution is 2.44. The van der Waals surface area contributed by atoms with Gasteiger partial charge in [0.2, 0.25) is 0 Å². The van der Waals surface area contributed by atoms with Gasteiger partial charge in [0.05, 0.1) is 22.1 Å². The van der Waals surface area contributed by atoms with E-state index in [4.69, 9.17) is 4.42 Å². The largest absolute Gasteiger partial charge is 0.364 e. The minimum atomic E-state index is -0.0327. The molecule has 1 heterocycles. The van der Waals surface area contributed by atoms with Crippen LogP contribution in [0.1, 0.15) is 43.2 Å². The number of fused-ring (bicyclic) bond motifs is 3.